The zero-order valence-electron chi connectivity index (χ0n) is 10.4. The maximum Gasteiger partial charge on any atom is 0.143 e. The minimum atomic E-state index is 0.450. The maximum absolute atomic E-state index is 5.83. The summed E-state index contributed by atoms with van der Waals surface area (Å²) in [6.45, 7) is 1.46. The Balaban J connectivity index is 1.76. The molecule has 0 radical (unpaired) electrons. The molecule has 0 saturated heterocycles. The summed E-state index contributed by atoms with van der Waals surface area (Å²) in [5.41, 5.74) is 3.30. The normalized spacial score (nSPS) is 13.8. The number of para-hydroxylation sites is 1. The van der Waals surface area contributed by atoms with Crippen molar-refractivity contribution in [3.63, 3.8) is 0 Å². The van der Waals surface area contributed by atoms with Crippen LogP contribution in [0.4, 0.5) is 5.69 Å². The van der Waals surface area contributed by atoms with Crippen molar-refractivity contribution >= 4 is 5.69 Å². The third-order valence-electron chi connectivity index (χ3n) is 3.06. The molecule has 94 valence electrons. The summed E-state index contributed by atoms with van der Waals surface area (Å²) in [6, 6.07) is 6.18. The van der Waals surface area contributed by atoms with E-state index < -0.39 is 0 Å². The lowest BCUT2D eigenvalue weighted by molar-refractivity contribution is 0.302. The smallest absolute Gasteiger partial charge is 0.143 e. The molecule has 0 amide bonds. The number of nitrogens with zero attached hydrogens (tertiary/aromatic N) is 3. The number of aromatic nitrogens is 3. The van der Waals surface area contributed by atoms with E-state index in [-0.39, 0.29) is 0 Å². The molecule has 1 aromatic carbocycles. The van der Waals surface area contributed by atoms with Gasteiger partial charge in [0.05, 0.1) is 11.9 Å². The Kier molecular flexibility index (Phi) is 2.88. The van der Waals surface area contributed by atoms with Crippen LogP contribution in [-0.4, -0.2) is 21.5 Å². The summed E-state index contributed by atoms with van der Waals surface area (Å²) >= 11 is 0. The third-order valence-corrected chi connectivity index (χ3v) is 3.06. The van der Waals surface area contributed by atoms with Crippen LogP contribution in [-0.2, 0) is 20.1 Å². The van der Waals surface area contributed by atoms with Crippen LogP contribution >= 0.6 is 0 Å². The summed E-state index contributed by atoms with van der Waals surface area (Å²) in [5.74, 6) is 0.901. The molecule has 1 aromatic heterocycles. The predicted octanol–water partition coefficient (Wildman–Crippen LogP) is 1.75. The molecule has 0 spiro atoms. The first-order valence-corrected chi connectivity index (χ1v) is 6.17. The second-order valence-corrected chi connectivity index (χ2v) is 4.49. The van der Waals surface area contributed by atoms with Gasteiger partial charge in [0.15, 0.2) is 0 Å². The lowest BCUT2D eigenvalue weighted by Gasteiger charge is -2.20. The molecular weight excluding hydrogens is 228 g/mol. The number of benzene rings is 1. The lowest BCUT2D eigenvalue weighted by atomic mass is 10.0. The van der Waals surface area contributed by atoms with E-state index >= 15 is 0 Å². The van der Waals surface area contributed by atoms with E-state index in [1.54, 1.807) is 4.68 Å². The Hall–Kier alpha value is -2.04. The fourth-order valence-corrected chi connectivity index (χ4v) is 2.21. The van der Waals surface area contributed by atoms with Gasteiger partial charge in [-0.15, -0.1) is 5.10 Å². The lowest BCUT2D eigenvalue weighted by Crippen LogP contribution is -2.13. The predicted molar refractivity (Wildman–Crippen MR) is 68.6 cm³/mol. The van der Waals surface area contributed by atoms with Crippen LogP contribution in [0, 0.1) is 0 Å². The highest BCUT2D eigenvalue weighted by Gasteiger charge is 2.13. The second kappa shape index (κ2) is 4.68. The Bertz CT molecular complexity index is 550. The van der Waals surface area contributed by atoms with Gasteiger partial charge in [-0.3, -0.25) is 4.68 Å². The van der Waals surface area contributed by atoms with Crippen molar-refractivity contribution in [3.8, 4) is 5.75 Å². The molecule has 1 aliphatic heterocycles. The zero-order valence-corrected chi connectivity index (χ0v) is 10.4. The van der Waals surface area contributed by atoms with Gasteiger partial charge >= 0.3 is 0 Å². The minimum absolute atomic E-state index is 0.450. The van der Waals surface area contributed by atoms with Crippen molar-refractivity contribution in [1.82, 2.24) is 15.0 Å². The fraction of sp³-hybridized carbons (Fsp3) is 0.385. The number of anilines is 1. The molecule has 0 saturated carbocycles. The van der Waals surface area contributed by atoms with Crippen molar-refractivity contribution in [2.24, 2.45) is 7.05 Å². The van der Waals surface area contributed by atoms with Gasteiger partial charge in [-0.05, 0) is 24.5 Å². The van der Waals surface area contributed by atoms with Crippen molar-refractivity contribution in [2.75, 3.05) is 11.9 Å². The molecule has 5 heteroatoms. The number of hydrogen-bond donors (Lipinski definition) is 1. The van der Waals surface area contributed by atoms with E-state index in [9.17, 15) is 0 Å². The highest BCUT2D eigenvalue weighted by atomic mass is 16.5. The van der Waals surface area contributed by atoms with E-state index in [1.165, 1.54) is 12.0 Å². The largest absolute Gasteiger partial charge is 0.485 e. The Morgan fingerprint density at radius 2 is 2.39 bits per heavy atom. The highest BCUT2D eigenvalue weighted by Crippen LogP contribution is 2.32. The van der Waals surface area contributed by atoms with Crippen LogP contribution in [0.3, 0.4) is 0 Å². The van der Waals surface area contributed by atoms with Gasteiger partial charge in [-0.2, -0.15) is 0 Å². The summed E-state index contributed by atoms with van der Waals surface area (Å²) < 4.78 is 7.50. The first-order valence-electron chi connectivity index (χ1n) is 6.17. The van der Waals surface area contributed by atoms with Gasteiger partial charge < -0.3 is 10.1 Å². The quantitative estimate of drug-likeness (QED) is 0.893. The van der Waals surface area contributed by atoms with Crippen molar-refractivity contribution in [1.29, 1.82) is 0 Å². The SMILES string of the molecule is Cn1cc(COc2cccc3c2NCCC3)nn1. The summed E-state index contributed by atoms with van der Waals surface area (Å²) in [6.07, 6.45) is 4.16. The first-order chi connectivity index (χ1) is 8.83. The fourth-order valence-electron chi connectivity index (χ4n) is 2.21. The molecule has 1 aliphatic rings. The van der Waals surface area contributed by atoms with Gasteiger partial charge in [0.2, 0.25) is 0 Å². The van der Waals surface area contributed by atoms with Crippen LogP contribution < -0.4 is 10.1 Å². The molecule has 2 aromatic rings. The van der Waals surface area contributed by atoms with Crippen LogP contribution in [0.25, 0.3) is 0 Å². The van der Waals surface area contributed by atoms with Gasteiger partial charge in [-0.25, -0.2) is 0 Å². The van der Waals surface area contributed by atoms with Gasteiger partial charge in [-0.1, -0.05) is 17.3 Å². The van der Waals surface area contributed by atoms with Gasteiger partial charge in [0.1, 0.15) is 18.1 Å². The number of nitrogens with one attached hydrogen (secondary N) is 1. The number of fused-ring (bicyclic) bond motifs is 1. The highest BCUT2D eigenvalue weighted by molar-refractivity contribution is 5.63. The van der Waals surface area contributed by atoms with Crippen LogP contribution in [0.15, 0.2) is 24.4 Å². The molecule has 3 rings (SSSR count). The third kappa shape index (κ3) is 2.16. The molecule has 0 fully saturated rings. The van der Waals surface area contributed by atoms with Crippen molar-refractivity contribution in [3.05, 3.63) is 35.7 Å². The van der Waals surface area contributed by atoms with Crippen molar-refractivity contribution in [2.45, 2.75) is 19.4 Å². The van der Waals surface area contributed by atoms with E-state index in [0.717, 1.165) is 30.1 Å². The molecule has 1 N–H and O–H groups in total. The topological polar surface area (TPSA) is 52.0 Å². The molecule has 0 unspecified atom stereocenters. The Labute approximate surface area is 106 Å². The molecule has 5 nitrogen and oxygen atoms in total. The van der Waals surface area contributed by atoms with Gasteiger partial charge in [0.25, 0.3) is 0 Å². The van der Waals surface area contributed by atoms with E-state index in [1.807, 2.05) is 25.4 Å². The average molecular weight is 244 g/mol. The molecule has 18 heavy (non-hydrogen) atoms. The molecule has 0 aliphatic carbocycles. The number of hydrogen-bond acceptors (Lipinski definition) is 4. The monoisotopic (exact) mass is 244 g/mol. The van der Waals surface area contributed by atoms with E-state index in [4.69, 9.17) is 4.74 Å². The summed E-state index contributed by atoms with van der Waals surface area (Å²) in [7, 11) is 1.85. The van der Waals surface area contributed by atoms with Crippen molar-refractivity contribution < 1.29 is 4.74 Å². The average Bonchev–Trinajstić information content (AvgIpc) is 2.82. The number of rotatable bonds is 3. The molecular formula is C13H16N4O. The minimum Gasteiger partial charge on any atom is -0.485 e. The Morgan fingerprint density at radius 3 is 3.22 bits per heavy atom. The van der Waals surface area contributed by atoms with E-state index in [2.05, 4.69) is 21.7 Å². The van der Waals surface area contributed by atoms with Crippen LogP contribution in [0.1, 0.15) is 17.7 Å². The second-order valence-electron chi connectivity index (χ2n) is 4.49. The van der Waals surface area contributed by atoms with Gasteiger partial charge in [0, 0.05) is 13.6 Å². The van der Waals surface area contributed by atoms with E-state index in [0.29, 0.717) is 6.61 Å². The zero-order chi connectivity index (χ0) is 12.4. The summed E-state index contributed by atoms with van der Waals surface area (Å²) in [5, 5.41) is 11.3. The standard InChI is InChI=1S/C13H16N4O/c1-17-8-11(15-16-17)9-18-12-6-2-4-10-5-3-7-14-13(10)12/h2,4,6,8,14H,3,5,7,9H2,1H3. The number of ether oxygens (including phenoxy) is 1. The molecule has 0 bridgehead atoms. The maximum atomic E-state index is 5.83. The number of aryl methyl sites for hydroxylation is 2. The Morgan fingerprint density at radius 1 is 1.44 bits per heavy atom. The summed E-state index contributed by atoms with van der Waals surface area (Å²) in [4.78, 5) is 0. The molecule has 2 heterocycles. The molecule has 0 atom stereocenters. The van der Waals surface area contributed by atoms with Crippen LogP contribution in [0.2, 0.25) is 0 Å². The van der Waals surface area contributed by atoms with Crippen LogP contribution in [0.5, 0.6) is 5.75 Å². The first kappa shape index (κ1) is 11.1.